The van der Waals surface area contributed by atoms with Gasteiger partial charge >= 0.3 is 5.69 Å². The molecule has 0 amide bonds. The highest BCUT2D eigenvalue weighted by molar-refractivity contribution is 6.29. The molecule has 1 aromatic carbocycles. The van der Waals surface area contributed by atoms with E-state index in [9.17, 15) is 19.2 Å². The van der Waals surface area contributed by atoms with Crippen LogP contribution in [0, 0.1) is 6.92 Å². The highest BCUT2D eigenvalue weighted by Gasteiger charge is 2.32. The van der Waals surface area contributed by atoms with Crippen molar-refractivity contribution in [2.24, 2.45) is 14.1 Å². The van der Waals surface area contributed by atoms with Gasteiger partial charge in [0, 0.05) is 25.9 Å². The van der Waals surface area contributed by atoms with Gasteiger partial charge in [0.05, 0.1) is 35.0 Å². The van der Waals surface area contributed by atoms with Gasteiger partial charge in [0.2, 0.25) is 5.78 Å². The first-order chi connectivity index (χ1) is 14.2. The number of aromatic nitrogens is 3. The summed E-state index contributed by atoms with van der Waals surface area (Å²) in [5.74, 6) is -0.311. The summed E-state index contributed by atoms with van der Waals surface area (Å²) >= 11 is 0. The van der Waals surface area contributed by atoms with Crippen molar-refractivity contribution in [2.45, 2.75) is 6.92 Å². The Kier molecular flexibility index (Phi) is 4.38. The van der Waals surface area contributed by atoms with Gasteiger partial charge in [-0.3, -0.25) is 23.5 Å². The van der Waals surface area contributed by atoms with Crippen LogP contribution < -0.4 is 21.3 Å². The first-order valence-corrected chi connectivity index (χ1v) is 9.06. The Labute approximate surface area is 170 Å². The van der Waals surface area contributed by atoms with Gasteiger partial charge in [-0.25, -0.2) is 9.78 Å². The summed E-state index contributed by atoms with van der Waals surface area (Å²) in [6.07, 6.45) is 1.17. The summed E-state index contributed by atoms with van der Waals surface area (Å²) in [7, 11) is 4.33. The van der Waals surface area contributed by atoms with E-state index >= 15 is 0 Å². The van der Waals surface area contributed by atoms with Crippen LogP contribution in [-0.4, -0.2) is 32.8 Å². The van der Waals surface area contributed by atoms with E-state index in [1.54, 1.807) is 38.3 Å². The number of ether oxygens (including phenoxy) is 1. The van der Waals surface area contributed by atoms with E-state index in [0.29, 0.717) is 11.4 Å². The van der Waals surface area contributed by atoms with E-state index in [4.69, 9.17) is 4.74 Å². The average molecular weight is 406 g/mol. The van der Waals surface area contributed by atoms with Crippen LogP contribution in [0.25, 0.3) is 11.0 Å². The second-order valence-electron chi connectivity index (χ2n) is 6.96. The van der Waals surface area contributed by atoms with Crippen LogP contribution in [0.5, 0.6) is 5.75 Å². The molecule has 152 valence electrons. The third-order valence-corrected chi connectivity index (χ3v) is 5.13. The number of carbonyl (C=O) groups is 2. The summed E-state index contributed by atoms with van der Waals surface area (Å²) in [5.41, 5.74) is -0.202. The Hall–Kier alpha value is -4.01. The van der Waals surface area contributed by atoms with Gasteiger partial charge in [-0.15, -0.1) is 0 Å². The average Bonchev–Trinajstić information content (AvgIpc) is 2.74. The number of hydrogen-bond donors (Lipinski definition) is 1. The number of Topliss-reactive ketones (excluding diaryl/α,β-unsaturated/α-hetero) is 1. The number of aryl methyl sites for hydroxylation is 2. The Morgan fingerprint density at radius 1 is 0.967 bits per heavy atom. The Morgan fingerprint density at radius 3 is 2.27 bits per heavy atom. The normalized spacial score (nSPS) is 13.3. The van der Waals surface area contributed by atoms with Gasteiger partial charge in [0.15, 0.2) is 5.78 Å². The fraction of sp³-hybridized carbons (Fsp3) is 0.190. The Balaban J connectivity index is 1.91. The molecule has 0 spiro atoms. The monoisotopic (exact) mass is 406 g/mol. The molecule has 9 nitrogen and oxygen atoms in total. The Morgan fingerprint density at radius 2 is 1.63 bits per heavy atom. The fourth-order valence-corrected chi connectivity index (χ4v) is 3.55. The number of anilines is 1. The lowest BCUT2D eigenvalue weighted by atomic mass is 9.89. The summed E-state index contributed by atoms with van der Waals surface area (Å²) in [6, 6.07) is 6.86. The summed E-state index contributed by atoms with van der Waals surface area (Å²) in [5, 5.41) is 2.90. The van der Waals surface area contributed by atoms with E-state index < -0.39 is 22.8 Å². The highest BCUT2D eigenvalue weighted by atomic mass is 16.5. The molecule has 3 aromatic rings. The van der Waals surface area contributed by atoms with Crippen LogP contribution in [-0.2, 0) is 14.1 Å². The number of benzene rings is 1. The highest BCUT2D eigenvalue weighted by Crippen LogP contribution is 2.29. The summed E-state index contributed by atoms with van der Waals surface area (Å²) in [4.78, 5) is 55.5. The van der Waals surface area contributed by atoms with Gasteiger partial charge in [-0.2, -0.15) is 0 Å². The summed E-state index contributed by atoms with van der Waals surface area (Å²) in [6.45, 7) is 1.57. The van der Waals surface area contributed by atoms with E-state index in [2.05, 4.69) is 10.3 Å². The van der Waals surface area contributed by atoms with Crippen molar-refractivity contribution < 1.29 is 14.3 Å². The molecule has 0 aliphatic heterocycles. The van der Waals surface area contributed by atoms with Gasteiger partial charge in [-0.1, -0.05) is 0 Å². The zero-order chi connectivity index (χ0) is 21.7. The molecular formula is C21H18N4O5. The van der Waals surface area contributed by atoms with Crippen LogP contribution >= 0.6 is 0 Å². The van der Waals surface area contributed by atoms with Crippen LogP contribution in [0.15, 0.2) is 45.6 Å². The third-order valence-electron chi connectivity index (χ3n) is 5.13. The zero-order valence-electron chi connectivity index (χ0n) is 16.8. The molecule has 0 radical (unpaired) electrons. The number of rotatable bonds is 3. The molecule has 0 unspecified atom stereocenters. The van der Waals surface area contributed by atoms with Crippen LogP contribution in [0.1, 0.15) is 26.4 Å². The van der Waals surface area contributed by atoms with Crippen LogP contribution in [0.4, 0.5) is 5.69 Å². The van der Waals surface area contributed by atoms with Crippen molar-refractivity contribution in [2.75, 3.05) is 12.4 Å². The number of methoxy groups -OCH3 is 1. The molecule has 4 rings (SSSR count). The molecule has 0 saturated heterocycles. The lowest BCUT2D eigenvalue weighted by Gasteiger charge is -2.20. The maximum atomic E-state index is 13.2. The first kappa shape index (κ1) is 19.3. The second kappa shape index (κ2) is 6.80. The number of pyridine rings is 1. The second-order valence-corrected chi connectivity index (χ2v) is 6.96. The lowest BCUT2D eigenvalue weighted by molar-refractivity contribution is 0.0985. The number of nitrogens with zero attached hydrogens (tertiary/aromatic N) is 3. The van der Waals surface area contributed by atoms with Crippen molar-refractivity contribution in [3.05, 3.63) is 73.7 Å². The molecule has 0 fully saturated rings. The topological polar surface area (TPSA) is 112 Å². The molecule has 2 heterocycles. The molecule has 0 bridgehead atoms. The molecule has 1 aliphatic rings. The van der Waals surface area contributed by atoms with Crippen LogP contribution in [0.3, 0.4) is 0 Å². The minimum Gasteiger partial charge on any atom is -0.497 e. The molecule has 1 aliphatic carbocycles. The number of allylic oxidation sites excluding steroid dienone is 2. The number of carbonyl (C=O) groups excluding carboxylic acids is 2. The van der Waals surface area contributed by atoms with Crippen LogP contribution in [0.2, 0.25) is 0 Å². The maximum Gasteiger partial charge on any atom is 0.332 e. The molecule has 2 aromatic heterocycles. The van der Waals surface area contributed by atoms with E-state index in [-0.39, 0.29) is 33.6 Å². The number of hydrogen-bond acceptors (Lipinski definition) is 7. The maximum absolute atomic E-state index is 13.2. The van der Waals surface area contributed by atoms with Gasteiger partial charge in [0.1, 0.15) is 11.4 Å². The smallest absolute Gasteiger partial charge is 0.332 e. The van der Waals surface area contributed by atoms with Crippen molar-refractivity contribution in [3.8, 4) is 5.75 Å². The minimum atomic E-state index is -0.669. The zero-order valence-corrected chi connectivity index (χ0v) is 16.8. The SMILES string of the molecule is COc1ccc(NC2=CC(=O)c3c(c(C)nc4c3c(=O)n(C)c(=O)n4C)C2=O)cc1. The number of nitrogens with one attached hydrogen (secondary N) is 1. The molecular weight excluding hydrogens is 388 g/mol. The quantitative estimate of drug-likeness (QED) is 0.698. The molecule has 0 atom stereocenters. The van der Waals surface area contributed by atoms with Gasteiger partial charge < -0.3 is 10.1 Å². The van der Waals surface area contributed by atoms with Crippen molar-refractivity contribution in [1.82, 2.24) is 14.1 Å². The standard InChI is InChI=1S/C21H18N4O5/c1-10-15-16(17-19(22-10)24(2)21(29)25(3)20(17)28)14(26)9-13(18(15)27)23-11-5-7-12(30-4)8-6-11/h5-9,23H,1-4H3. The predicted octanol–water partition coefficient (Wildman–Crippen LogP) is 1.32. The molecule has 9 heteroatoms. The van der Waals surface area contributed by atoms with E-state index in [0.717, 1.165) is 4.57 Å². The third kappa shape index (κ3) is 2.74. The molecule has 30 heavy (non-hydrogen) atoms. The number of fused-ring (bicyclic) bond motifs is 3. The van der Waals surface area contributed by atoms with Crippen molar-refractivity contribution >= 4 is 28.3 Å². The molecule has 0 saturated carbocycles. The molecule has 1 N–H and O–H groups in total. The summed E-state index contributed by atoms with van der Waals surface area (Å²) < 4.78 is 7.20. The lowest BCUT2D eigenvalue weighted by Crippen LogP contribution is -2.39. The number of ketones is 2. The largest absolute Gasteiger partial charge is 0.497 e. The van der Waals surface area contributed by atoms with Crippen molar-refractivity contribution in [3.63, 3.8) is 0 Å². The first-order valence-electron chi connectivity index (χ1n) is 9.06. The van der Waals surface area contributed by atoms with E-state index in [1.807, 2.05) is 0 Å². The predicted molar refractivity (Wildman–Crippen MR) is 110 cm³/mol. The minimum absolute atomic E-state index is 0.0287. The fourth-order valence-electron chi connectivity index (χ4n) is 3.55. The van der Waals surface area contributed by atoms with Gasteiger partial charge in [-0.05, 0) is 31.2 Å². The van der Waals surface area contributed by atoms with Gasteiger partial charge in [0.25, 0.3) is 5.56 Å². The van der Waals surface area contributed by atoms with Crippen molar-refractivity contribution in [1.29, 1.82) is 0 Å². The van der Waals surface area contributed by atoms with E-state index in [1.165, 1.54) is 24.7 Å². The Bertz CT molecular complexity index is 1390.